The number of hydrogen-bond donors (Lipinski definition) is 0. The highest BCUT2D eigenvalue weighted by atomic mass is 16.5. The summed E-state index contributed by atoms with van der Waals surface area (Å²) in [6.45, 7) is 3.38. The number of hydrogen-bond acceptors (Lipinski definition) is 7. The van der Waals surface area contributed by atoms with Crippen LogP contribution < -0.4 is 4.74 Å². The van der Waals surface area contributed by atoms with Crippen molar-refractivity contribution in [1.29, 1.82) is 0 Å². The molecule has 0 atom stereocenters. The molecule has 0 saturated carbocycles. The van der Waals surface area contributed by atoms with Crippen LogP contribution in [0.3, 0.4) is 0 Å². The number of piperidine rings is 1. The second kappa shape index (κ2) is 8.61. The predicted octanol–water partition coefficient (Wildman–Crippen LogP) is 1.20. The van der Waals surface area contributed by atoms with Crippen LogP contribution in [0.2, 0.25) is 0 Å². The average molecular weight is 373 g/mol. The lowest BCUT2D eigenvalue weighted by atomic mass is 9.96. The Morgan fingerprint density at radius 3 is 2.63 bits per heavy atom. The van der Waals surface area contributed by atoms with Crippen LogP contribution in [-0.2, 0) is 23.2 Å². The van der Waals surface area contributed by atoms with Crippen LogP contribution in [0, 0.1) is 5.92 Å². The first-order chi connectivity index (χ1) is 13.1. The van der Waals surface area contributed by atoms with E-state index in [0.29, 0.717) is 49.7 Å². The highest BCUT2D eigenvalue weighted by Crippen LogP contribution is 2.25. The summed E-state index contributed by atoms with van der Waals surface area (Å²) in [6.07, 6.45) is 1.22. The summed E-state index contributed by atoms with van der Waals surface area (Å²) in [7, 11) is 1.73. The van der Waals surface area contributed by atoms with Gasteiger partial charge in [0.05, 0.1) is 18.1 Å². The molecule has 2 aromatic rings. The van der Waals surface area contributed by atoms with Gasteiger partial charge in [0.1, 0.15) is 12.4 Å². The first-order valence-electron chi connectivity index (χ1n) is 8.99. The number of carbonyl (C=O) groups excluding carboxylic acids is 2. The molecule has 144 valence electrons. The van der Waals surface area contributed by atoms with E-state index in [1.807, 2.05) is 6.07 Å². The minimum absolute atomic E-state index is 0.107. The predicted molar refractivity (Wildman–Crippen MR) is 94.8 cm³/mol. The molecule has 0 spiro atoms. The standard InChI is InChI=1S/C18H23N5O4/c1-3-26-18(25)13-8-10-23(11-9-13)17(24)14-6-4-5-7-15(14)27-12-16-19-20-21-22(16)2/h4-7,13H,3,8-12H2,1-2H3. The Hall–Kier alpha value is -2.97. The van der Waals surface area contributed by atoms with Crippen molar-refractivity contribution in [1.82, 2.24) is 25.1 Å². The molecule has 1 aromatic carbocycles. The Labute approximate surface area is 157 Å². The molecular weight excluding hydrogens is 350 g/mol. The molecule has 0 unspecified atom stereocenters. The van der Waals surface area contributed by atoms with Gasteiger partial charge in [-0.25, -0.2) is 4.68 Å². The summed E-state index contributed by atoms with van der Waals surface area (Å²) in [6, 6.07) is 7.11. The molecular formula is C18H23N5O4. The van der Waals surface area contributed by atoms with E-state index >= 15 is 0 Å². The normalized spacial score (nSPS) is 14.8. The van der Waals surface area contributed by atoms with Gasteiger partial charge in [-0.3, -0.25) is 9.59 Å². The summed E-state index contributed by atoms with van der Waals surface area (Å²) in [5.41, 5.74) is 0.488. The van der Waals surface area contributed by atoms with Crippen molar-refractivity contribution in [3.05, 3.63) is 35.7 Å². The Balaban J connectivity index is 1.64. The molecule has 1 amide bonds. The van der Waals surface area contributed by atoms with E-state index in [4.69, 9.17) is 9.47 Å². The van der Waals surface area contributed by atoms with E-state index in [1.165, 1.54) is 4.68 Å². The minimum atomic E-state index is -0.175. The Bertz CT molecular complexity index is 799. The third-order valence-electron chi connectivity index (χ3n) is 4.58. The molecule has 0 radical (unpaired) electrons. The van der Waals surface area contributed by atoms with Crippen molar-refractivity contribution < 1.29 is 19.1 Å². The molecule has 0 aliphatic carbocycles. The van der Waals surface area contributed by atoms with E-state index in [2.05, 4.69) is 15.5 Å². The van der Waals surface area contributed by atoms with Crippen LogP contribution in [0.25, 0.3) is 0 Å². The quantitative estimate of drug-likeness (QED) is 0.702. The number of carbonyl (C=O) groups is 2. The number of benzene rings is 1. The number of likely N-dealkylation sites (tertiary alicyclic amines) is 1. The highest BCUT2D eigenvalue weighted by molar-refractivity contribution is 5.97. The lowest BCUT2D eigenvalue weighted by molar-refractivity contribution is -0.149. The van der Waals surface area contributed by atoms with Crippen LogP contribution in [0.5, 0.6) is 5.75 Å². The third-order valence-corrected chi connectivity index (χ3v) is 4.58. The smallest absolute Gasteiger partial charge is 0.309 e. The summed E-state index contributed by atoms with van der Waals surface area (Å²) < 4.78 is 12.4. The van der Waals surface area contributed by atoms with Crippen LogP contribution in [-0.4, -0.2) is 56.7 Å². The van der Waals surface area contributed by atoms with Crippen molar-refractivity contribution in [2.24, 2.45) is 13.0 Å². The third kappa shape index (κ3) is 4.42. The molecule has 1 saturated heterocycles. The molecule has 1 aliphatic heterocycles. The Kier molecular flexibility index (Phi) is 6.00. The first kappa shape index (κ1) is 18.8. The van der Waals surface area contributed by atoms with Crippen molar-refractivity contribution >= 4 is 11.9 Å². The van der Waals surface area contributed by atoms with Gasteiger partial charge in [-0.2, -0.15) is 0 Å². The topological polar surface area (TPSA) is 99.4 Å². The van der Waals surface area contributed by atoms with Crippen LogP contribution >= 0.6 is 0 Å². The van der Waals surface area contributed by atoms with E-state index in [1.54, 1.807) is 37.1 Å². The summed E-state index contributed by atoms with van der Waals surface area (Å²) in [5.74, 6) is 0.629. The summed E-state index contributed by atoms with van der Waals surface area (Å²) in [5, 5.41) is 11.2. The number of esters is 1. The van der Waals surface area contributed by atoms with Gasteiger partial charge < -0.3 is 14.4 Å². The van der Waals surface area contributed by atoms with Gasteiger partial charge in [-0.05, 0) is 42.3 Å². The molecule has 9 nitrogen and oxygen atoms in total. The minimum Gasteiger partial charge on any atom is -0.485 e. The second-order valence-corrected chi connectivity index (χ2v) is 6.32. The molecule has 9 heteroatoms. The number of para-hydroxylation sites is 1. The highest BCUT2D eigenvalue weighted by Gasteiger charge is 2.29. The van der Waals surface area contributed by atoms with Gasteiger partial charge >= 0.3 is 5.97 Å². The molecule has 0 N–H and O–H groups in total. The average Bonchev–Trinajstić information content (AvgIpc) is 3.11. The molecule has 1 aliphatic rings. The fourth-order valence-corrected chi connectivity index (χ4v) is 3.03. The molecule has 1 aromatic heterocycles. The number of rotatable bonds is 6. The van der Waals surface area contributed by atoms with E-state index in [0.717, 1.165) is 0 Å². The van der Waals surface area contributed by atoms with E-state index in [9.17, 15) is 9.59 Å². The number of ether oxygens (including phenoxy) is 2. The second-order valence-electron chi connectivity index (χ2n) is 6.32. The molecule has 1 fully saturated rings. The van der Waals surface area contributed by atoms with Gasteiger partial charge in [0.2, 0.25) is 0 Å². The van der Waals surface area contributed by atoms with Crippen molar-refractivity contribution in [2.75, 3.05) is 19.7 Å². The Morgan fingerprint density at radius 2 is 1.96 bits per heavy atom. The van der Waals surface area contributed by atoms with Crippen molar-refractivity contribution in [2.45, 2.75) is 26.4 Å². The van der Waals surface area contributed by atoms with Gasteiger partial charge in [0, 0.05) is 20.1 Å². The maximum Gasteiger partial charge on any atom is 0.309 e. The first-order valence-corrected chi connectivity index (χ1v) is 8.99. The maximum atomic E-state index is 12.9. The number of aryl methyl sites for hydroxylation is 1. The number of amides is 1. The zero-order chi connectivity index (χ0) is 19.2. The SMILES string of the molecule is CCOC(=O)C1CCN(C(=O)c2ccccc2OCc2nnnn2C)CC1. The van der Waals surface area contributed by atoms with Gasteiger partial charge in [0.15, 0.2) is 5.82 Å². The van der Waals surface area contributed by atoms with Gasteiger partial charge in [0.25, 0.3) is 5.91 Å². The molecule has 3 rings (SSSR count). The van der Waals surface area contributed by atoms with Crippen LogP contribution in [0.15, 0.2) is 24.3 Å². The fraction of sp³-hybridized carbons (Fsp3) is 0.500. The van der Waals surface area contributed by atoms with Crippen molar-refractivity contribution in [3.8, 4) is 5.75 Å². The lowest BCUT2D eigenvalue weighted by Crippen LogP contribution is -2.40. The van der Waals surface area contributed by atoms with Crippen LogP contribution in [0.1, 0.15) is 35.9 Å². The van der Waals surface area contributed by atoms with Crippen molar-refractivity contribution in [3.63, 3.8) is 0 Å². The van der Waals surface area contributed by atoms with E-state index < -0.39 is 0 Å². The largest absolute Gasteiger partial charge is 0.485 e. The van der Waals surface area contributed by atoms with Gasteiger partial charge in [-0.15, -0.1) is 5.10 Å². The zero-order valence-electron chi connectivity index (χ0n) is 15.5. The van der Waals surface area contributed by atoms with E-state index in [-0.39, 0.29) is 24.4 Å². The number of nitrogens with zero attached hydrogens (tertiary/aromatic N) is 5. The Morgan fingerprint density at radius 1 is 1.22 bits per heavy atom. The monoisotopic (exact) mass is 373 g/mol. The zero-order valence-corrected chi connectivity index (χ0v) is 15.5. The lowest BCUT2D eigenvalue weighted by Gasteiger charge is -2.31. The van der Waals surface area contributed by atoms with Gasteiger partial charge in [-0.1, -0.05) is 12.1 Å². The number of aromatic nitrogens is 4. The fourth-order valence-electron chi connectivity index (χ4n) is 3.03. The molecule has 27 heavy (non-hydrogen) atoms. The summed E-state index contributed by atoms with van der Waals surface area (Å²) >= 11 is 0. The molecule has 2 heterocycles. The maximum absolute atomic E-state index is 12.9. The van der Waals surface area contributed by atoms with Crippen LogP contribution in [0.4, 0.5) is 0 Å². The molecule has 0 bridgehead atoms. The number of tetrazole rings is 1. The summed E-state index contributed by atoms with van der Waals surface area (Å²) in [4.78, 5) is 26.5.